The van der Waals surface area contributed by atoms with E-state index >= 15 is 0 Å². The summed E-state index contributed by atoms with van der Waals surface area (Å²) in [5, 5.41) is 5.56. The third-order valence-corrected chi connectivity index (χ3v) is 3.00. The highest BCUT2D eigenvalue weighted by Crippen LogP contribution is 2.16. The Bertz CT molecular complexity index is 604. The minimum atomic E-state index is -0.295. The molecule has 0 aliphatic heterocycles. The van der Waals surface area contributed by atoms with Crippen LogP contribution in [-0.4, -0.2) is 25.1 Å². The number of amides is 2. The number of aryl methyl sites for hydroxylation is 1. The van der Waals surface area contributed by atoms with Crippen LogP contribution in [-0.2, 0) is 0 Å². The minimum Gasteiger partial charge on any atom is -0.464 e. The molecule has 0 aliphatic rings. The van der Waals surface area contributed by atoms with Gasteiger partial charge >= 0.3 is 6.03 Å². The molecule has 0 saturated carbocycles. The van der Waals surface area contributed by atoms with Gasteiger partial charge in [0.05, 0.1) is 17.9 Å². The molecule has 2 aromatic heterocycles. The Morgan fingerprint density at radius 2 is 2.05 bits per heavy atom. The summed E-state index contributed by atoms with van der Waals surface area (Å²) in [6, 6.07) is 6.88. The number of carbonyl (C=O) groups is 1. The zero-order chi connectivity index (χ0) is 15.4. The molecule has 0 unspecified atom stereocenters. The molecule has 0 aromatic carbocycles. The monoisotopic (exact) mass is 288 g/mol. The first kappa shape index (κ1) is 14.9. The maximum Gasteiger partial charge on any atom is 0.319 e. The van der Waals surface area contributed by atoms with E-state index in [0.717, 1.165) is 17.3 Å². The SMILES string of the molecule is Cc1ccc([C@@H](C)NC(=O)Nc2ccc(N(C)C)nc2)o1. The topological polar surface area (TPSA) is 70.4 Å². The second-order valence-electron chi connectivity index (χ2n) is 5.07. The molecule has 2 N–H and O–H groups in total. The number of hydrogen-bond donors (Lipinski definition) is 2. The summed E-state index contributed by atoms with van der Waals surface area (Å²) >= 11 is 0. The number of urea groups is 1. The first-order chi connectivity index (χ1) is 9.95. The fourth-order valence-corrected chi connectivity index (χ4v) is 1.85. The second kappa shape index (κ2) is 6.30. The van der Waals surface area contributed by atoms with E-state index in [0.29, 0.717) is 5.69 Å². The maximum atomic E-state index is 11.9. The quantitative estimate of drug-likeness (QED) is 0.907. The van der Waals surface area contributed by atoms with Gasteiger partial charge in [-0.25, -0.2) is 9.78 Å². The number of aromatic nitrogens is 1. The Morgan fingerprint density at radius 1 is 1.29 bits per heavy atom. The van der Waals surface area contributed by atoms with Crippen LogP contribution in [0.25, 0.3) is 0 Å². The van der Waals surface area contributed by atoms with Crippen LogP contribution in [0, 0.1) is 6.92 Å². The number of hydrogen-bond acceptors (Lipinski definition) is 4. The number of nitrogens with one attached hydrogen (secondary N) is 2. The van der Waals surface area contributed by atoms with E-state index in [9.17, 15) is 4.79 Å². The van der Waals surface area contributed by atoms with Gasteiger partial charge in [0.1, 0.15) is 17.3 Å². The van der Waals surface area contributed by atoms with Gasteiger partial charge in [-0.05, 0) is 38.1 Å². The standard InChI is InChI=1S/C15H20N4O2/c1-10-5-7-13(21-10)11(2)17-15(20)18-12-6-8-14(16-9-12)19(3)4/h5-9,11H,1-4H3,(H2,17,18,20)/t11-/m1/s1. The van der Waals surface area contributed by atoms with Crippen molar-refractivity contribution in [3.8, 4) is 0 Å². The predicted molar refractivity (Wildman–Crippen MR) is 82.6 cm³/mol. The molecule has 6 nitrogen and oxygen atoms in total. The van der Waals surface area contributed by atoms with E-state index in [2.05, 4.69) is 15.6 Å². The summed E-state index contributed by atoms with van der Waals surface area (Å²) in [7, 11) is 3.82. The minimum absolute atomic E-state index is 0.201. The fraction of sp³-hybridized carbons (Fsp3) is 0.333. The summed E-state index contributed by atoms with van der Waals surface area (Å²) in [5.41, 5.74) is 0.640. The highest BCUT2D eigenvalue weighted by atomic mass is 16.3. The van der Waals surface area contributed by atoms with E-state index < -0.39 is 0 Å². The van der Waals surface area contributed by atoms with Gasteiger partial charge in [0.2, 0.25) is 0 Å². The number of carbonyl (C=O) groups excluding carboxylic acids is 1. The average Bonchev–Trinajstić information content (AvgIpc) is 2.86. The molecular formula is C15H20N4O2. The largest absolute Gasteiger partial charge is 0.464 e. The third kappa shape index (κ3) is 3.98. The molecule has 2 amide bonds. The van der Waals surface area contributed by atoms with Crippen LogP contribution < -0.4 is 15.5 Å². The van der Waals surface area contributed by atoms with Crippen molar-refractivity contribution in [3.63, 3.8) is 0 Å². The van der Waals surface area contributed by atoms with E-state index in [1.165, 1.54) is 0 Å². The molecule has 1 atom stereocenters. The lowest BCUT2D eigenvalue weighted by molar-refractivity contribution is 0.247. The van der Waals surface area contributed by atoms with Crippen LogP contribution >= 0.6 is 0 Å². The predicted octanol–water partition coefficient (Wildman–Crippen LogP) is 2.93. The Labute approximate surface area is 124 Å². The smallest absolute Gasteiger partial charge is 0.319 e. The first-order valence-corrected chi connectivity index (χ1v) is 6.73. The lowest BCUT2D eigenvalue weighted by Crippen LogP contribution is -2.31. The Kier molecular flexibility index (Phi) is 4.47. The number of pyridine rings is 1. The number of furan rings is 1. The van der Waals surface area contributed by atoms with Crippen LogP contribution in [0.15, 0.2) is 34.9 Å². The molecule has 0 aliphatic carbocycles. The van der Waals surface area contributed by atoms with Gasteiger partial charge in [-0.2, -0.15) is 0 Å². The summed E-state index contributed by atoms with van der Waals surface area (Å²) < 4.78 is 5.48. The van der Waals surface area contributed by atoms with Crippen molar-refractivity contribution in [1.82, 2.24) is 10.3 Å². The fourth-order valence-electron chi connectivity index (χ4n) is 1.85. The van der Waals surface area contributed by atoms with E-state index in [1.807, 2.05) is 57.1 Å². The zero-order valence-electron chi connectivity index (χ0n) is 12.7. The van der Waals surface area contributed by atoms with Crippen LogP contribution in [0.5, 0.6) is 0 Å². The molecule has 0 fully saturated rings. The van der Waals surface area contributed by atoms with Gasteiger partial charge in [0, 0.05) is 14.1 Å². The van der Waals surface area contributed by atoms with Crippen LogP contribution in [0.2, 0.25) is 0 Å². The molecule has 6 heteroatoms. The highest BCUT2D eigenvalue weighted by molar-refractivity contribution is 5.89. The molecule has 0 spiro atoms. The second-order valence-corrected chi connectivity index (χ2v) is 5.07. The van der Waals surface area contributed by atoms with Gasteiger partial charge in [-0.15, -0.1) is 0 Å². The van der Waals surface area contributed by atoms with E-state index in [1.54, 1.807) is 6.20 Å². The van der Waals surface area contributed by atoms with E-state index in [-0.39, 0.29) is 12.1 Å². The molecular weight excluding hydrogens is 268 g/mol. The molecule has 2 heterocycles. The molecule has 0 radical (unpaired) electrons. The maximum absolute atomic E-state index is 11.9. The Morgan fingerprint density at radius 3 is 2.57 bits per heavy atom. The van der Waals surface area contributed by atoms with Crippen molar-refractivity contribution in [1.29, 1.82) is 0 Å². The molecule has 2 rings (SSSR count). The lowest BCUT2D eigenvalue weighted by Gasteiger charge is -2.14. The molecule has 112 valence electrons. The summed E-state index contributed by atoms with van der Waals surface area (Å²) in [6.45, 7) is 3.74. The van der Waals surface area contributed by atoms with Crippen molar-refractivity contribution in [2.75, 3.05) is 24.3 Å². The zero-order valence-corrected chi connectivity index (χ0v) is 12.7. The average molecular weight is 288 g/mol. The van der Waals surface area contributed by atoms with Crippen molar-refractivity contribution in [2.24, 2.45) is 0 Å². The lowest BCUT2D eigenvalue weighted by atomic mass is 10.2. The Balaban J connectivity index is 1.92. The first-order valence-electron chi connectivity index (χ1n) is 6.73. The highest BCUT2D eigenvalue weighted by Gasteiger charge is 2.12. The third-order valence-electron chi connectivity index (χ3n) is 3.00. The van der Waals surface area contributed by atoms with Gasteiger partial charge in [-0.1, -0.05) is 0 Å². The number of anilines is 2. The van der Waals surface area contributed by atoms with Crippen LogP contribution in [0.1, 0.15) is 24.5 Å². The van der Waals surface area contributed by atoms with Gasteiger partial charge in [0.15, 0.2) is 0 Å². The van der Waals surface area contributed by atoms with Crippen molar-refractivity contribution < 1.29 is 9.21 Å². The molecule has 0 saturated heterocycles. The van der Waals surface area contributed by atoms with Gasteiger partial charge < -0.3 is 20.0 Å². The van der Waals surface area contributed by atoms with Crippen LogP contribution in [0.4, 0.5) is 16.3 Å². The van der Waals surface area contributed by atoms with Crippen molar-refractivity contribution >= 4 is 17.5 Å². The van der Waals surface area contributed by atoms with Crippen LogP contribution in [0.3, 0.4) is 0 Å². The van der Waals surface area contributed by atoms with Crippen molar-refractivity contribution in [2.45, 2.75) is 19.9 Å². The van der Waals surface area contributed by atoms with E-state index in [4.69, 9.17) is 4.42 Å². The summed E-state index contributed by atoms with van der Waals surface area (Å²) in [6.07, 6.45) is 1.62. The Hall–Kier alpha value is -2.50. The van der Waals surface area contributed by atoms with Crippen molar-refractivity contribution in [3.05, 3.63) is 42.0 Å². The number of nitrogens with zero attached hydrogens (tertiary/aromatic N) is 2. The molecule has 0 bridgehead atoms. The number of rotatable bonds is 4. The van der Waals surface area contributed by atoms with Gasteiger partial charge in [0.25, 0.3) is 0 Å². The summed E-state index contributed by atoms with van der Waals surface area (Å²) in [5.74, 6) is 2.38. The molecule has 21 heavy (non-hydrogen) atoms. The molecule has 2 aromatic rings. The summed E-state index contributed by atoms with van der Waals surface area (Å²) in [4.78, 5) is 18.1. The van der Waals surface area contributed by atoms with Gasteiger partial charge in [-0.3, -0.25) is 0 Å². The normalized spacial score (nSPS) is 11.8.